The lowest BCUT2D eigenvalue weighted by Gasteiger charge is -2.18. The molecule has 1 N–H and O–H groups in total. The van der Waals surface area contributed by atoms with E-state index in [-0.39, 0.29) is 0 Å². The van der Waals surface area contributed by atoms with Crippen LogP contribution in [-0.4, -0.2) is 29.6 Å². The normalized spacial score (nSPS) is 14.4. The van der Waals surface area contributed by atoms with Gasteiger partial charge in [-0.05, 0) is 25.7 Å². The molecule has 0 atom stereocenters. The molecule has 0 amide bonds. The van der Waals surface area contributed by atoms with Gasteiger partial charge in [0.1, 0.15) is 5.82 Å². The van der Waals surface area contributed by atoms with Crippen LogP contribution in [0.1, 0.15) is 77.3 Å². The Balaban J connectivity index is 1.84. The van der Waals surface area contributed by atoms with Gasteiger partial charge in [-0.25, -0.2) is 4.98 Å². The van der Waals surface area contributed by atoms with Crippen LogP contribution in [0.25, 0.3) is 0 Å². The van der Waals surface area contributed by atoms with E-state index in [4.69, 9.17) is 9.97 Å². The molecular formula is C19H34N4. The first kappa shape index (κ1) is 18.0. The first-order valence-electron chi connectivity index (χ1n) is 9.70. The van der Waals surface area contributed by atoms with Crippen molar-refractivity contribution in [1.29, 1.82) is 0 Å². The Morgan fingerprint density at radius 3 is 2.43 bits per heavy atom. The zero-order chi connectivity index (χ0) is 16.3. The number of nitrogens with one attached hydrogen (secondary N) is 1. The van der Waals surface area contributed by atoms with Gasteiger partial charge in [0.25, 0.3) is 0 Å². The van der Waals surface area contributed by atoms with Gasteiger partial charge in [-0.1, -0.05) is 52.4 Å². The molecule has 0 aromatic carbocycles. The standard InChI is InChI=1S/C19H34N4/c1-3-5-6-7-8-9-13-20-19-21-17(12-4-2)16-18(22-19)23-14-10-11-15-23/h16H,3-15H2,1-2H3,(H,20,21,22). The lowest BCUT2D eigenvalue weighted by atomic mass is 10.1. The number of nitrogens with zero attached hydrogens (tertiary/aromatic N) is 3. The van der Waals surface area contributed by atoms with E-state index in [0.717, 1.165) is 44.2 Å². The van der Waals surface area contributed by atoms with Gasteiger partial charge in [-0.3, -0.25) is 0 Å². The maximum absolute atomic E-state index is 4.75. The highest BCUT2D eigenvalue weighted by Gasteiger charge is 2.15. The summed E-state index contributed by atoms with van der Waals surface area (Å²) in [6.07, 6.45) is 12.7. The molecule has 23 heavy (non-hydrogen) atoms. The first-order chi connectivity index (χ1) is 11.3. The number of aromatic nitrogens is 2. The van der Waals surface area contributed by atoms with Crippen molar-refractivity contribution in [2.24, 2.45) is 0 Å². The van der Waals surface area contributed by atoms with Crippen molar-refractivity contribution < 1.29 is 0 Å². The minimum atomic E-state index is 0.825. The van der Waals surface area contributed by atoms with Gasteiger partial charge in [0, 0.05) is 31.4 Å². The molecule has 1 aromatic heterocycles. The number of unbranched alkanes of at least 4 members (excludes halogenated alkanes) is 5. The fourth-order valence-corrected chi connectivity index (χ4v) is 3.16. The average molecular weight is 319 g/mol. The molecule has 4 heteroatoms. The van der Waals surface area contributed by atoms with Gasteiger partial charge in [0.05, 0.1) is 0 Å². The number of aryl methyl sites for hydroxylation is 1. The Morgan fingerprint density at radius 1 is 0.957 bits per heavy atom. The van der Waals surface area contributed by atoms with Gasteiger partial charge >= 0.3 is 0 Å². The van der Waals surface area contributed by atoms with Gasteiger partial charge in [-0.15, -0.1) is 0 Å². The van der Waals surface area contributed by atoms with Crippen LogP contribution in [0.2, 0.25) is 0 Å². The summed E-state index contributed by atoms with van der Waals surface area (Å²) in [5.41, 5.74) is 1.18. The van der Waals surface area contributed by atoms with E-state index in [1.165, 1.54) is 57.1 Å². The third kappa shape index (κ3) is 6.36. The minimum Gasteiger partial charge on any atom is -0.356 e. The van der Waals surface area contributed by atoms with Gasteiger partial charge in [-0.2, -0.15) is 4.98 Å². The molecular weight excluding hydrogens is 284 g/mol. The second-order valence-corrected chi connectivity index (χ2v) is 6.68. The van der Waals surface area contributed by atoms with E-state index in [1.807, 2.05) is 0 Å². The second kappa shape index (κ2) is 10.5. The van der Waals surface area contributed by atoms with Crippen LogP contribution >= 0.6 is 0 Å². The fourth-order valence-electron chi connectivity index (χ4n) is 3.16. The van der Waals surface area contributed by atoms with Crippen LogP contribution in [0.3, 0.4) is 0 Å². The maximum Gasteiger partial charge on any atom is 0.224 e. The van der Waals surface area contributed by atoms with E-state index in [9.17, 15) is 0 Å². The predicted octanol–water partition coefficient (Wildman–Crippen LogP) is 4.80. The summed E-state index contributed by atoms with van der Waals surface area (Å²) >= 11 is 0. The van der Waals surface area contributed by atoms with E-state index < -0.39 is 0 Å². The van der Waals surface area contributed by atoms with Crippen LogP contribution in [0.4, 0.5) is 11.8 Å². The van der Waals surface area contributed by atoms with Crippen molar-refractivity contribution in [2.75, 3.05) is 29.9 Å². The molecule has 0 aliphatic carbocycles. The lowest BCUT2D eigenvalue weighted by molar-refractivity contribution is 0.616. The number of hydrogen-bond acceptors (Lipinski definition) is 4. The van der Waals surface area contributed by atoms with Gasteiger partial charge in [0.2, 0.25) is 5.95 Å². The molecule has 1 saturated heterocycles. The molecule has 4 nitrogen and oxygen atoms in total. The topological polar surface area (TPSA) is 41.1 Å². The Bertz CT molecular complexity index is 441. The third-order valence-electron chi connectivity index (χ3n) is 4.52. The molecule has 0 unspecified atom stereocenters. The molecule has 0 radical (unpaired) electrons. The highest BCUT2D eigenvalue weighted by atomic mass is 15.2. The molecule has 1 aliphatic heterocycles. The van der Waals surface area contributed by atoms with Crippen molar-refractivity contribution in [1.82, 2.24) is 9.97 Å². The summed E-state index contributed by atoms with van der Waals surface area (Å²) in [6, 6.07) is 2.19. The number of hydrogen-bond donors (Lipinski definition) is 1. The van der Waals surface area contributed by atoms with E-state index in [1.54, 1.807) is 0 Å². The number of anilines is 2. The molecule has 1 aliphatic rings. The van der Waals surface area contributed by atoms with Crippen LogP contribution < -0.4 is 10.2 Å². The molecule has 0 spiro atoms. The molecule has 2 rings (SSSR count). The number of rotatable bonds is 11. The maximum atomic E-state index is 4.75. The first-order valence-corrected chi connectivity index (χ1v) is 9.70. The molecule has 130 valence electrons. The van der Waals surface area contributed by atoms with Crippen molar-refractivity contribution in [3.8, 4) is 0 Å². The van der Waals surface area contributed by atoms with Crippen molar-refractivity contribution >= 4 is 11.8 Å². The molecule has 2 heterocycles. The SMILES string of the molecule is CCCCCCCCNc1nc(CCC)cc(N2CCCC2)n1. The highest BCUT2D eigenvalue weighted by Crippen LogP contribution is 2.20. The Kier molecular flexibility index (Phi) is 8.19. The van der Waals surface area contributed by atoms with Crippen LogP contribution in [-0.2, 0) is 6.42 Å². The second-order valence-electron chi connectivity index (χ2n) is 6.68. The zero-order valence-corrected chi connectivity index (χ0v) is 15.1. The Hall–Kier alpha value is -1.32. The van der Waals surface area contributed by atoms with Crippen LogP contribution in [0.15, 0.2) is 6.07 Å². The van der Waals surface area contributed by atoms with Gasteiger partial charge in [0.15, 0.2) is 0 Å². The molecule has 1 fully saturated rings. The fraction of sp³-hybridized carbons (Fsp3) is 0.789. The largest absolute Gasteiger partial charge is 0.356 e. The monoisotopic (exact) mass is 318 g/mol. The average Bonchev–Trinajstić information content (AvgIpc) is 3.09. The predicted molar refractivity (Wildman–Crippen MR) is 99.3 cm³/mol. The quantitative estimate of drug-likeness (QED) is 0.595. The summed E-state index contributed by atoms with van der Waals surface area (Å²) in [5, 5.41) is 3.45. The van der Waals surface area contributed by atoms with Crippen LogP contribution in [0, 0.1) is 0 Å². The third-order valence-corrected chi connectivity index (χ3v) is 4.52. The Morgan fingerprint density at radius 2 is 1.70 bits per heavy atom. The van der Waals surface area contributed by atoms with E-state index in [0.29, 0.717) is 0 Å². The summed E-state index contributed by atoms with van der Waals surface area (Å²) in [7, 11) is 0. The van der Waals surface area contributed by atoms with E-state index in [2.05, 4.69) is 30.1 Å². The van der Waals surface area contributed by atoms with E-state index >= 15 is 0 Å². The van der Waals surface area contributed by atoms with Crippen molar-refractivity contribution in [3.63, 3.8) is 0 Å². The smallest absolute Gasteiger partial charge is 0.224 e. The molecule has 1 aromatic rings. The summed E-state index contributed by atoms with van der Waals surface area (Å²) in [6.45, 7) is 7.74. The summed E-state index contributed by atoms with van der Waals surface area (Å²) in [5.74, 6) is 1.94. The zero-order valence-electron chi connectivity index (χ0n) is 15.1. The Labute approximate surface area is 142 Å². The highest BCUT2D eigenvalue weighted by molar-refractivity contribution is 5.45. The van der Waals surface area contributed by atoms with Gasteiger partial charge < -0.3 is 10.2 Å². The van der Waals surface area contributed by atoms with Crippen LogP contribution in [0.5, 0.6) is 0 Å². The summed E-state index contributed by atoms with van der Waals surface area (Å²) < 4.78 is 0. The molecule has 0 saturated carbocycles. The summed E-state index contributed by atoms with van der Waals surface area (Å²) in [4.78, 5) is 11.8. The minimum absolute atomic E-state index is 0.825. The van der Waals surface area contributed by atoms with Crippen molar-refractivity contribution in [2.45, 2.75) is 78.1 Å². The van der Waals surface area contributed by atoms with Crippen molar-refractivity contribution in [3.05, 3.63) is 11.8 Å². The molecule has 0 bridgehead atoms. The lowest BCUT2D eigenvalue weighted by Crippen LogP contribution is -2.20.